The summed E-state index contributed by atoms with van der Waals surface area (Å²) in [4.78, 5) is 30.7. The van der Waals surface area contributed by atoms with Crippen LogP contribution in [-0.2, 0) is 9.59 Å². The molecule has 27 heavy (non-hydrogen) atoms. The second kappa shape index (κ2) is 8.67. The monoisotopic (exact) mass is 449 g/mol. The Morgan fingerprint density at radius 3 is 2.52 bits per heavy atom. The molecule has 0 aromatic heterocycles. The molecule has 0 saturated carbocycles. The van der Waals surface area contributed by atoms with Gasteiger partial charge in [-0.25, -0.2) is 9.29 Å². The molecule has 2 amide bonds. The van der Waals surface area contributed by atoms with Gasteiger partial charge in [0.2, 0.25) is 11.8 Å². The van der Waals surface area contributed by atoms with E-state index in [2.05, 4.69) is 26.2 Å². The number of amides is 2. The number of carbonyl (C=O) groups is 2. The summed E-state index contributed by atoms with van der Waals surface area (Å²) in [6.07, 6.45) is 0.105. The van der Waals surface area contributed by atoms with Crippen LogP contribution in [-0.4, -0.2) is 28.8 Å². The van der Waals surface area contributed by atoms with Crippen molar-refractivity contribution in [2.24, 2.45) is 4.99 Å². The molecule has 1 N–H and O–H groups in total. The summed E-state index contributed by atoms with van der Waals surface area (Å²) in [5.74, 6) is -0.835. The van der Waals surface area contributed by atoms with Gasteiger partial charge in [0.1, 0.15) is 11.1 Å². The first-order valence-electron chi connectivity index (χ1n) is 8.34. The lowest BCUT2D eigenvalue weighted by Crippen LogP contribution is -2.31. The maximum atomic E-state index is 13.1. The van der Waals surface area contributed by atoms with Crippen LogP contribution in [0.2, 0.25) is 0 Å². The van der Waals surface area contributed by atoms with Crippen molar-refractivity contribution in [3.63, 3.8) is 0 Å². The van der Waals surface area contributed by atoms with Gasteiger partial charge in [0.25, 0.3) is 0 Å². The molecule has 1 saturated heterocycles. The van der Waals surface area contributed by atoms with Crippen molar-refractivity contribution in [1.29, 1.82) is 0 Å². The number of aliphatic imine (C=N–C) groups is 1. The number of amidine groups is 1. The molecular weight excluding hydrogens is 433 g/mol. The molecule has 0 bridgehead atoms. The fraction of sp³-hybridized carbons (Fsp3) is 0.211. The largest absolute Gasteiger partial charge is 0.335 e. The Morgan fingerprint density at radius 2 is 1.89 bits per heavy atom. The molecule has 1 aliphatic heterocycles. The minimum absolute atomic E-state index is 0.105. The molecule has 3 rings (SSSR count). The van der Waals surface area contributed by atoms with Crippen LogP contribution in [0.4, 0.5) is 15.8 Å². The van der Waals surface area contributed by atoms with Gasteiger partial charge >= 0.3 is 0 Å². The van der Waals surface area contributed by atoms with Crippen molar-refractivity contribution in [2.45, 2.75) is 18.6 Å². The Kier molecular flexibility index (Phi) is 6.28. The maximum Gasteiger partial charge on any atom is 0.247 e. The zero-order valence-electron chi connectivity index (χ0n) is 14.5. The number of nitrogens with zero attached hydrogens (tertiary/aromatic N) is 2. The van der Waals surface area contributed by atoms with Gasteiger partial charge in [-0.1, -0.05) is 27.7 Å². The average Bonchev–Trinajstić information content (AvgIpc) is 2.92. The van der Waals surface area contributed by atoms with Crippen molar-refractivity contribution in [1.82, 2.24) is 0 Å². The van der Waals surface area contributed by atoms with Gasteiger partial charge in [0.05, 0.1) is 5.69 Å². The molecular formula is C19H17BrFN3O2S. The lowest BCUT2D eigenvalue weighted by atomic mass is 10.3. The van der Waals surface area contributed by atoms with E-state index in [4.69, 9.17) is 0 Å². The molecule has 0 radical (unpaired) electrons. The average molecular weight is 450 g/mol. The summed E-state index contributed by atoms with van der Waals surface area (Å²) in [6, 6.07) is 12.9. The number of carbonyl (C=O) groups excluding carboxylic acids is 2. The molecule has 1 heterocycles. The van der Waals surface area contributed by atoms with Crippen molar-refractivity contribution >= 4 is 56.0 Å². The number of thioether (sulfide) groups is 1. The van der Waals surface area contributed by atoms with E-state index in [1.165, 1.54) is 28.8 Å². The highest BCUT2D eigenvalue weighted by molar-refractivity contribution is 9.10. The van der Waals surface area contributed by atoms with E-state index in [-0.39, 0.29) is 24.1 Å². The molecule has 140 valence electrons. The fourth-order valence-corrected chi connectivity index (χ4v) is 3.95. The van der Waals surface area contributed by atoms with Crippen molar-refractivity contribution < 1.29 is 14.0 Å². The second-order valence-corrected chi connectivity index (χ2v) is 7.87. The minimum Gasteiger partial charge on any atom is -0.335 e. The smallest absolute Gasteiger partial charge is 0.247 e. The molecule has 8 heteroatoms. The van der Waals surface area contributed by atoms with Gasteiger partial charge in [0, 0.05) is 23.1 Å². The van der Waals surface area contributed by atoms with Crippen LogP contribution in [0.3, 0.4) is 0 Å². The van der Waals surface area contributed by atoms with E-state index in [1.807, 2.05) is 6.92 Å². The van der Waals surface area contributed by atoms with Crippen LogP contribution >= 0.6 is 27.7 Å². The molecule has 2 aromatic rings. The molecule has 1 fully saturated rings. The number of imide groups is 1. The fourth-order valence-electron chi connectivity index (χ4n) is 2.60. The van der Waals surface area contributed by atoms with Crippen LogP contribution in [0.5, 0.6) is 0 Å². The van der Waals surface area contributed by atoms with Gasteiger partial charge in [-0.05, 0) is 55.5 Å². The third-order valence-electron chi connectivity index (χ3n) is 3.84. The third kappa shape index (κ3) is 4.75. The van der Waals surface area contributed by atoms with Crippen molar-refractivity contribution in [3.8, 4) is 0 Å². The van der Waals surface area contributed by atoms with Gasteiger partial charge in [-0.2, -0.15) is 0 Å². The summed E-state index contributed by atoms with van der Waals surface area (Å²) in [5, 5.41) is 3.05. The number of anilines is 2. The minimum atomic E-state index is -0.556. The Balaban J connectivity index is 1.74. The van der Waals surface area contributed by atoms with E-state index in [9.17, 15) is 14.0 Å². The lowest BCUT2D eigenvalue weighted by molar-refractivity contribution is -0.121. The van der Waals surface area contributed by atoms with Crippen molar-refractivity contribution in [3.05, 3.63) is 58.8 Å². The second-order valence-electron chi connectivity index (χ2n) is 5.77. The Bertz CT molecular complexity index is 872. The molecule has 0 aliphatic carbocycles. The predicted octanol–water partition coefficient (Wildman–Crippen LogP) is 4.44. The summed E-state index contributed by atoms with van der Waals surface area (Å²) in [5.41, 5.74) is 1.22. The van der Waals surface area contributed by atoms with Crippen LogP contribution < -0.4 is 10.2 Å². The highest BCUT2D eigenvalue weighted by Crippen LogP contribution is 2.31. The third-order valence-corrected chi connectivity index (χ3v) is 5.48. The number of rotatable bonds is 4. The van der Waals surface area contributed by atoms with E-state index in [0.717, 1.165) is 4.47 Å². The van der Waals surface area contributed by atoms with Gasteiger partial charge in [-0.3, -0.25) is 14.6 Å². The zero-order chi connectivity index (χ0) is 19.4. The molecule has 5 nitrogen and oxygen atoms in total. The topological polar surface area (TPSA) is 61.8 Å². The Hall–Kier alpha value is -2.19. The molecule has 1 unspecified atom stereocenters. The first kappa shape index (κ1) is 19.6. The summed E-state index contributed by atoms with van der Waals surface area (Å²) < 4.78 is 13.9. The highest BCUT2D eigenvalue weighted by atomic mass is 79.9. The first-order valence-corrected chi connectivity index (χ1v) is 10.0. The number of halogens is 2. The zero-order valence-corrected chi connectivity index (χ0v) is 16.9. The van der Waals surface area contributed by atoms with Gasteiger partial charge in [0.15, 0.2) is 5.17 Å². The number of benzene rings is 2. The Labute approximate surface area is 169 Å². The maximum absolute atomic E-state index is 13.1. The quantitative estimate of drug-likeness (QED) is 0.425. The van der Waals surface area contributed by atoms with Gasteiger partial charge < -0.3 is 5.32 Å². The van der Waals surface area contributed by atoms with Gasteiger partial charge in [-0.15, -0.1) is 0 Å². The van der Waals surface area contributed by atoms with Crippen LogP contribution in [0.1, 0.15) is 13.3 Å². The van der Waals surface area contributed by atoms with E-state index in [1.54, 1.807) is 36.4 Å². The van der Waals surface area contributed by atoms with Crippen LogP contribution in [0, 0.1) is 5.82 Å². The molecule has 2 aromatic carbocycles. The number of nitrogens with one attached hydrogen (secondary N) is 1. The summed E-state index contributed by atoms with van der Waals surface area (Å²) in [6.45, 7) is 2.39. The predicted molar refractivity (Wildman–Crippen MR) is 111 cm³/mol. The van der Waals surface area contributed by atoms with Crippen LogP contribution in [0.25, 0.3) is 0 Å². The highest BCUT2D eigenvalue weighted by Gasteiger charge is 2.40. The number of hydrogen-bond acceptors (Lipinski definition) is 4. The summed E-state index contributed by atoms with van der Waals surface area (Å²) in [7, 11) is 0. The van der Waals surface area contributed by atoms with Crippen molar-refractivity contribution in [2.75, 3.05) is 16.8 Å². The Morgan fingerprint density at radius 1 is 1.22 bits per heavy atom. The SMILES string of the molecule is CCN=C(Nc1ccc(F)cc1)SC1CC(=O)N(c2ccc(Br)cc2)C1=O. The first-order chi connectivity index (χ1) is 13.0. The van der Waals surface area contributed by atoms with E-state index < -0.39 is 5.25 Å². The van der Waals surface area contributed by atoms with E-state index >= 15 is 0 Å². The molecule has 0 spiro atoms. The molecule has 1 aliphatic rings. The molecule has 1 atom stereocenters. The normalized spacial score (nSPS) is 17.5. The van der Waals surface area contributed by atoms with Crippen LogP contribution in [0.15, 0.2) is 58.0 Å². The summed E-state index contributed by atoms with van der Waals surface area (Å²) >= 11 is 4.56. The number of hydrogen-bond donors (Lipinski definition) is 1. The van der Waals surface area contributed by atoms with E-state index in [0.29, 0.717) is 23.1 Å². The lowest BCUT2D eigenvalue weighted by Gasteiger charge is -2.16. The standard InChI is InChI=1S/C19H17BrFN3O2S/c1-2-22-19(23-14-7-5-13(21)6-8-14)27-16-11-17(25)24(18(16)26)15-9-3-12(20)4-10-15/h3-10,16H,2,11H2,1H3,(H,22,23).